The Labute approximate surface area is 127 Å². The molecule has 0 amide bonds. The first-order chi connectivity index (χ1) is 7.00. The van der Waals surface area contributed by atoms with E-state index >= 15 is 0 Å². The van der Waals surface area contributed by atoms with Gasteiger partial charge in [-0.1, -0.05) is 127 Å². The van der Waals surface area contributed by atoms with E-state index in [2.05, 4.69) is 0 Å². The first-order valence-corrected chi connectivity index (χ1v) is 7.00. The molecule has 0 unspecified atom stereocenters. The summed E-state index contributed by atoms with van der Waals surface area (Å²) < 4.78 is 0. The average Bonchev–Trinajstić information content (AvgIpc) is 2.45. The summed E-state index contributed by atoms with van der Waals surface area (Å²) in [6.45, 7) is 28.0. The molecule has 0 rings (SSSR count). The molecule has 0 aromatic carbocycles. The van der Waals surface area contributed by atoms with Crippen molar-refractivity contribution in [3.63, 3.8) is 0 Å². The maximum absolute atomic E-state index is 2.00. The summed E-state index contributed by atoms with van der Waals surface area (Å²) in [7, 11) is 0. The van der Waals surface area contributed by atoms with E-state index in [1.54, 1.807) is 0 Å². The topological polar surface area (TPSA) is 0 Å². The molecular formula is C18H58. The van der Waals surface area contributed by atoms with Gasteiger partial charge in [-0.15, -0.1) is 0 Å². The van der Waals surface area contributed by atoms with Crippen LogP contribution in [0.15, 0.2) is 0 Å². The van der Waals surface area contributed by atoms with Crippen LogP contribution in [-0.4, -0.2) is 0 Å². The van der Waals surface area contributed by atoms with Crippen LogP contribution in [-0.2, 0) is 0 Å². The minimum atomic E-state index is 0. The van der Waals surface area contributed by atoms with Crippen molar-refractivity contribution in [2.24, 2.45) is 0 Å². The highest BCUT2D eigenvalue weighted by Crippen LogP contribution is 1.16. The molecule has 0 N–H and O–H groups in total. The van der Waals surface area contributed by atoms with Crippen LogP contribution in [0.3, 0.4) is 0 Å². The molecule has 0 aromatic heterocycles. The van der Waals surface area contributed by atoms with Crippen LogP contribution in [0.1, 0.15) is 127 Å². The van der Waals surface area contributed by atoms with Crippen molar-refractivity contribution in [1.82, 2.24) is 0 Å². The molecule has 0 atom stereocenters. The van der Waals surface area contributed by atoms with Crippen LogP contribution >= 0.6 is 0 Å². The Bertz CT molecular complexity index is 0. The molecule has 0 radical (unpaired) electrons. The third kappa shape index (κ3) is 0. The number of rotatable bonds is 0. The Balaban J connectivity index is -0.00000000340. The predicted molar refractivity (Wildman–Crippen MR) is 106 cm³/mol. The van der Waals surface area contributed by atoms with E-state index in [0.29, 0.717) is 0 Å². The fourth-order valence-electron chi connectivity index (χ4n) is 0. The van der Waals surface area contributed by atoms with Gasteiger partial charge in [-0.2, -0.15) is 0 Å². The fraction of sp³-hybridized carbons (Fsp3) is 1.00. The molecule has 0 bridgehead atoms. The lowest BCUT2D eigenvalue weighted by Gasteiger charge is -1.07. The first-order valence-electron chi connectivity index (χ1n) is 7.00. The normalized spacial score (nSPS) is 2.33. The minimum absolute atomic E-state index is 0. The zero-order chi connectivity index (χ0) is 14.0. The van der Waals surface area contributed by atoms with E-state index in [1.807, 2.05) is 96.9 Å². The van der Waals surface area contributed by atoms with Gasteiger partial charge in [0.1, 0.15) is 0 Å². The summed E-state index contributed by atoms with van der Waals surface area (Å²) in [5.74, 6) is 0. The van der Waals surface area contributed by atoms with Gasteiger partial charge in [0.25, 0.3) is 0 Å². The molecular weight excluding hydrogens is 216 g/mol. The van der Waals surface area contributed by atoms with E-state index in [4.69, 9.17) is 0 Å². The van der Waals surface area contributed by atoms with Crippen LogP contribution < -0.4 is 0 Å². The lowest BCUT2D eigenvalue weighted by atomic mass is 11.0. The van der Waals surface area contributed by atoms with Gasteiger partial charge in [-0.05, 0) is 0 Å². The van der Waals surface area contributed by atoms with Crippen LogP contribution in [0.4, 0.5) is 0 Å². The molecule has 0 aliphatic carbocycles. The minimum Gasteiger partial charge on any atom is -0.0776 e. The van der Waals surface area contributed by atoms with E-state index in [1.165, 1.54) is 0 Å². The monoisotopic (exact) mass is 274 g/mol. The lowest BCUT2D eigenvalue weighted by Crippen LogP contribution is -0.856. The molecule has 0 aliphatic heterocycles. The lowest BCUT2D eigenvalue weighted by molar-refractivity contribution is 1.50. The molecule has 0 spiro atoms. The molecule has 0 fully saturated rings. The summed E-state index contributed by atoms with van der Waals surface area (Å²) in [6.07, 6.45) is 0. The second-order valence-electron chi connectivity index (χ2n) is 0. The standard InChI is InChI=1S/7C2H6.4CH4/c7*1-2;;;;/h7*1-2H3;4*1H4. The third-order valence-electron chi connectivity index (χ3n) is 0. The fourth-order valence-corrected chi connectivity index (χ4v) is 0. The Morgan fingerprint density at radius 3 is 0.167 bits per heavy atom. The Hall–Kier alpha value is 0. The molecule has 0 saturated heterocycles. The Kier molecular flexibility index (Phi) is 0. The zero-order valence-electron chi connectivity index (χ0n) is 14.0. The van der Waals surface area contributed by atoms with Gasteiger partial charge in [-0.25, -0.2) is 0 Å². The maximum Gasteiger partial charge on any atom is -0.0683 e. The SMILES string of the molecule is C.C.C.C.CC.CC.CC.CC.CC.CC.CC. The summed E-state index contributed by atoms with van der Waals surface area (Å²) in [6, 6.07) is 0. The molecule has 18 heavy (non-hydrogen) atoms. The second-order valence-corrected chi connectivity index (χ2v) is 0. The zero-order valence-corrected chi connectivity index (χ0v) is 14.0. The van der Waals surface area contributed by atoms with Crippen molar-refractivity contribution in [3.05, 3.63) is 0 Å². The highest BCUT2D eigenvalue weighted by molar-refractivity contribution is 3.52. The smallest absolute Gasteiger partial charge is 0.0683 e. The number of hydrogen-bond acceptors (Lipinski definition) is 0. The highest BCUT2D eigenvalue weighted by atomic mass is 13.0. The van der Waals surface area contributed by atoms with Gasteiger partial charge in [-0.3, -0.25) is 0 Å². The summed E-state index contributed by atoms with van der Waals surface area (Å²) >= 11 is 0. The summed E-state index contributed by atoms with van der Waals surface area (Å²) in [5, 5.41) is 0. The second kappa shape index (κ2) is 0. The molecule has 0 nitrogen and oxygen atoms in total. The highest BCUT2D eigenvalue weighted by Gasteiger charge is 0.944. The van der Waals surface area contributed by atoms with Gasteiger partial charge in [0.05, 0.1) is 0 Å². The quantitative estimate of drug-likeness (QED) is 0.412. The van der Waals surface area contributed by atoms with Crippen LogP contribution in [0.2, 0.25) is 0 Å². The molecule has 0 heterocycles. The van der Waals surface area contributed by atoms with Gasteiger partial charge in [0.2, 0.25) is 0 Å². The molecule has 0 aromatic rings. The van der Waals surface area contributed by atoms with Crippen molar-refractivity contribution in [2.45, 2.75) is 127 Å². The van der Waals surface area contributed by atoms with E-state index in [0.717, 1.165) is 0 Å². The molecule has 0 heteroatoms. The Morgan fingerprint density at radius 1 is 0.167 bits per heavy atom. The van der Waals surface area contributed by atoms with E-state index in [-0.39, 0.29) is 29.7 Å². The molecule has 0 saturated carbocycles. The van der Waals surface area contributed by atoms with Gasteiger partial charge in [0, 0.05) is 0 Å². The van der Waals surface area contributed by atoms with Crippen molar-refractivity contribution in [3.8, 4) is 0 Å². The third-order valence-corrected chi connectivity index (χ3v) is 0. The average molecular weight is 275 g/mol. The van der Waals surface area contributed by atoms with Crippen LogP contribution in [0.5, 0.6) is 0 Å². The van der Waals surface area contributed by atoms with Crippen molar-refractivity contribution in [1.29, 1.82) is 0 Å². The van der Waals surface area contributed by atoms with E-state index < -0.39 is 0 Å². The molecule has 0 aliphatic rings. The van der Waals surface area contributed by atoms with Gasteiger partial charge >= 0.3 is 0 Å². The summed E-state index contributed by atoms with van der Waals surface area (Å²) in [5.41, 5.74) is 0. The van der Waals surface area contributed by atoms with Gasteiger partial charge < -0.3 is 0 Å². The predicted octanol–water partition coefficient (Wildman–Crippen LogP) is 9.73. The maximum atomic E-state index is 2.00. The largest absolute Gasteiger partial charge is 0.0776 e. The first kappa shape index (κ1) is 106. The van der Waals surface area contributed by atoms with Crippen LogP contribution in [0.25, 0.3) is 0 Å². The summed E-state index contributed by atoms with van der Waals surface area (Å²) in [4.78, 5) is 0. The molecule has 130 valence electrons. The van der Waals surface area contributed by atoms with Crippen molar-refractivity contribution >= 4 is 0 Å². The van der Waals surface area contributed by atoms with Crippen molar-refractivity contribution in [2.75, 3.05) is 0 Å². The van der Waals surface area contributed by atoms with Gasteiger partial charge in [0.15, 0.2) is 0 Å². The van der Waals surface area contributed by atoms with Crippen LogP contribution in [0, 0.1) is 0 Å². The Morgan fingerprint density at radius 2 is 0.167 bits per heavy atom. The van der Waals surface area contributed by atoms with Crippen molar-refractivity contribution < 1.29 is 0 Å². The van der Waals surface area contributed by atoms with E-state index in [9.17, 15) is 0 Å². The number of hydrogen-bond donors (Lipinski definition) is 0.